The molecule has 1 saturated heterocycles. The van der Waals surface area contributed by atoms with E-state index < -0.39 is 0 Å². The summed E-state index contributed by atoms with van der Waals surface area (Å²) in [4.78, 5) is 14.0. The summed E-state index contributed by atoms with van der Waals surface area (Å²) in [6.07, 6.45) is 0.889. The molecule has 4 heteroatoms. The number of carbonyl (C=O) groups is 1. The van der Waals surface area contributed by atoms with Gasteiger partial charge in [-0.15, -0.1) is 0 Å². The Hall–Kier alpha value is -0.0900. The molecule has 0 aromatic carbocycles. The predicted octanol–water partition coefficient (Wildman–Crippen LogP) is 2.25. The van der Waals surface area contributed by atoms with Crippen molar-refractivity contribution in [2.75, 3.05) is 18.7 Å². The van der Waals surface area contributed by atoms with Crippen molar-refractivity contribution in [2.45, 2.75) is 33.2 Å². The fraction of sp³-hybridized carbons (Fsp3) is 0.909. The second-order valence-electron chi connectivity index (χ2n) is 4.50. The van der Waals surface area contributed by atoms with Crippen LogP contribution in [0.3, 0.4) is 0 Å². The SMILES string of the molecule is CC(C)C1COCN1C(=O)[C@@H](C)CCBr. The topological polar surface area (TPSA) is 29.5 Å². The molecule has 0 aromatic heterocycles. The van der Waals surface area contributed by atoms with Crippen LogP contribution in [-0.4, -0.2) is 35.5 Å². The summed E-state index contributed by atoms with van der Waals surface area (Å²) in [5.41, 5.74) is 0. The highest BCUT2D eigenvalue weighted by Crippen LogP contribution is 2.21. The standard InChI is InChI=1S/C11H20BrNO2/c1-8(2)10-6-15-7-13(10)11(14)9(3)4-5-12/h8-10H,4-7H2,1-3H3/t9-,10?/m0/s1. The summed E-state index contributed by atoms with van der Waals surface area (Å²) in [6, 6.07) is 0.260. The van der Waals surface area contributed by atoms with Crippen LogP contribution in [0.25, 0.3) is 0 Å². The minimum atomic E-state index is 0.0901. The Morgan fingerprint density at radius 2 is 2.20 bits per heavy atom. The fourth-order valence-corrected chi connectivity index (χ4v) is 2.49. The van der Waals surface area contributed by atoms with Crippen molar-refractivity contribution < 1.29 is 9.53 Å². The molecule has 1 aliphatic heterocycles. The average molecular weight is 278 g/mol. The summed E-state index contributed by atoms with van der Waals surface area (Å²) in [5, 5.41) is 0.876. The number of rotatable bonds is 4. The predicted molar refractivity (Wildman–Crippen MR) is 63.9 cm³/mol. The van der Waals surface area contributed by atoms with Crippen LogP contribution in [0.15, 0.2) is 0 Å². The Morgan fingerprint density at radius 3 is 2.73 bits per heavy atom. The highest BCUT2D eigenvalue weighted by Gasteiger charge is 2.33. The lowest BCUT2D eigenvalue weighted by Gasteiger charge is -2.27. The molecule has 0 N–H and O–H groups in total. The van der Waals surface area contributed by atoms with E-state index in [0.717, 1.165) is 11.8 Å². The molecule has 0 bridgehead atoms. The fourth-order valence-electron chi connectivity index (χ4n) is 1.81. The van der Waals surface area contributed by atoms with Gasteiger partial charge in [-0.2, -0.15) is 0 Å². The van der Waals surface area contributed by atoms with E-state index in [1.54, 1.807) is 0 Å². The summed E-state index contributed by atoms with van der Waals surface area (Å²) in [7, 11) is 0. The zero-order chi connectivity index (χ0) is 11.4. The van der Waals surface area contributed by atoms with Gasteiger partial charge in [0.2, 0.25) is 5.91 Å². The third-order valence-corrected chi connectivity index (χ3v) is 3.39. The average Bonchev–Trinajstić information content (AvgIpc) is 2.65. The Bertz CT molecular complexity index is 221. The molecule has 2 atom stereocenters. The van der Waals surface area contributed by atoms with E-state index in [9.17, 15) is 4.79 Å². The molecule has 1 rings (SSSR count). The quantitative estimate of drug-likeness (QED) is 0.738. The van der Waals surface area contributed by atoms with E-state index in [-0.39, 0.29) is 17.9 Å². The third kappa shape index (κ3) is 3.18. The molecule has 3 nitrogen and oxygen atoms in total. The third-order valence-electron chi connectivity index (χ3n) is 2.94. The largest absolute Gasteiger partial charge is 0.359 e. The molecule has 1 amide bonds. The minimum Gasteiger partial charge on any atom is -0.359 e. The van der Waals surface area contributed by atoms with Crippen LogP contribution in [0, 0.1) is 11.8 Å². The van der Waals surface area contributed by atoms with Crippen molar-refractivity contribution in [3.05, 3.63) is 0 Å². The van der Waals surface area contributed by atoms with Gasteiger partial charge < -0.3 is 9.64 Å². The lowest BCUT2D eigenvalue weighted by atomic mass is 10.0. The Labute approximate surface area is 100 Å². The van der Waals surface area contributed by atoms with Crippen LogP contribution in [0.1, 0.15) is 27.2 Å². The van der Waals surface area contributed by atoms with Crippen molar-refractivity contribution >= 4 is 21.8 Å². The molecule has 1 aliphatic rings. The number of alkyl halides is 1. The molecule has 0 aromatic rings. The molecule has 1 heterocycles. The summed E-state index contributed by atoms with van der Waals surface area (Å²) in [5.74, 6) is 0.783. The van der Waals surface area contributed by atoms with Gasteiger partial charge in [0.15, 0.2) is 0 Å². The second kappa shape index (κ2) is 5.85. The number of carbonyl (C=O) groups excluding carboxylic acids is 1. The highest BCUT2D eigenvalue weighted by atomic mass is 79.9. The van der Waals surface area contributed by atoms with Gasteiger partial charge in [0, 0.05) is 11.2 Å². The maximum Gasteiger partial charge on any atom is 0.227 e. The Balaban J connectivity index is 2.58. The first kappa shape index (κ1) is 13.0. The number of halogens is 1. The molecule has 0 spiro atoms. The molecular weight excluding hydrogens is 258 g/mol. The first-order valence-electron chi connectivity index (χ1n) is 5.52. The summed E-state index contributed by atoms with van der Waals surface area (Å²) in [6.45, 7) is 7.40. The van der Waals surface area contributed by atoms with Crippen molar-refractivity contribution in [1.82, 2.24) is 4.90 Å². The van der Waals surface area contributed by atoms with Gasteiger partial charge in [-0.05, 0) is 12.3 Å². The smallest absolute Gasteiger partial charge is 0.227 e. The molecule has 1 unspecified atom stereocenters. The maximum atomic E-state index is 12.1. The van der Waals surface area contributed by atoms with Gasteiger partial charge in [0.1, 0.15) is 6.73 Å². The van der Waals surface area contributed by atoms with E-state index >= 15 is 0 Å². The van der Waals surface area contributed by atoms with Crippen LogP contribution < -0.4 is 0 Å². The van der Waals surface area contributed by atoms with Crippen LogP contribution in [0.2, 0.25) is 0 Å². The molecule has 1 fully saturated rings. The zero-order valence-electron chi connectivity index (χ0n) is 9.70. The maximum absolute atomic E-state index is 12.1. The van der Waals surface area contributed by atoms with Crippen LogP contribution in [-0.2, 0) is 9.53 Å². The van der Waals surface area contributed by atoms with Crippen LogP contribution >= 0.6 is 15.9 Å². The molecule has 15 heavy (non-hydrogen) atoms. The van der Waals surface area contributed by atoms with Crippen molar-refractivity contribution in [3.8, 4) is 0 Å². The van der Waals surface area contributed by atoms with Crippen molar-refractivity contribution in [2.24, 2.45) is 11.8 Å². The van der Waals surface area contributed by atoms with Crippen LogP contribution in [0.4, 0.5) is 0 Å². The van der Waals surface area contributed by atoms with E-state index in [0.29, 0.717) is 19.3 Å². The van der Waals surface area contributed by atoms with Crippen molar-refractivity contribution in [3.63, 3.8) is 0 Å². The highest BCUT2D eigenvalue weighted by molar-refractivity contribution is 9.09. The van der Waals surface area contributed by atoms with E-state index in [4.69, 9.17) is 4.74 Å². The van der Waals surface area contributed by atoms with Crippen LogP contribution in [0.5, 0.6) is 0 Å². The van der Waals surface area contributed by atoms with Gasteiger partial charge in [-0.1, -0.05) is 36.7 Å². The molecule has 0 aliphatic carbocycles. The first-order valence-corrected chi connectivity index (χ1v) is 6.64. The summed E-state index contributed by atoms with van der Waals surface area (Å²) < 4.78 is 5.37. The van der Waals surface area contributed by atoms with Gasteiger partial charge in [-0.3, -0.25) is 4.79 Å². The van der Waals surface area contributed by atoms with E-state index in [1.165, 1.54) is 0 Å². The number of hydrogen-bond donors (Lipinski definition) is 0. The lowest BCUT2D eigenvalue weighted by Crippen LogP contribution is -2.42. The molecule has 0 saturated carbocycles. The van der Waals surface area contributed by atoms with Gasteiger partial charge in [-0.25, -0.2) is 0 Å². The second-order valence-corrected chi connectivity index (χ2v) is 5.29. The first-order chi connectivity index (χ1) is 7.07. The van der Waals surface area contributed by atoms with Crippen molar-refractivity contribution in [1.29, 1.82) is 0 Å². The van der Waals surface area contributed by atoms with E-state index in [2.05, 4.69) is 29.8 Å². The molecule has 88 valence electrons. The Morgan fingerprint density at radius 1 is 1.53 bits per heavy atom. The van der Waals surface area contributed by atoms with Gasteiger partial charge >= 0.3 is 0 Å². The van der Waals surface area contributed by atoms with Gasteiger partial charge in [0.05, 0.1) is 12.6 Å². The number of hydrogen-bond acceptors (Lipinski definition) is 2. The molecular formula is C11H20BrNO2. The zero-order valence-corrected chi connectivity index (χ0v) is 11.3. The lowest BCUT2D eigenvalue weighted by molar-refractivity contribution is -0.137. The van der Waals surface area contributed by atoms with E-state index in [1.807, 2.05) is 11.8 Å². The Kier molecular flexibility index (Phi) is 5.06. The van der Waals surface area contributed by atoms with Gasteiger partial charge in [0.25, 0.3) is 0 Å². The number of ether oxygens (including phenoxy) is 1. The summed E-state index contributed by atoms with van der Waals surface area (Å²) >= 11 is 3.37. The molecule has 0 radical (unpaired) electrons. The number of nitrogens with zero attached hydrogens (tertiary/aromatic N) is 1. The minimum absolute atomic E-state index is 0.0901. The number of amides is 1. The normalized spacial score (nSPS) is 23.5. The monoisotopic (exact) mass is 277 g/mol.